The normalized spacial score (nSPS) is 15.1. The van der Waals surface area contributed by atoms with Gasteiger partial charge in [0.2, 0.25) is 0 Å². The lowest BCUT2D eigenvalue weighted by Gasteiger charge is -2.30. The van der Waals surface area contributed by atoms with Crippen LogP contribution in [0.2, 0.25) is 0 Å². The Labute approximate surface area is 785 Å². The number of amides is 1. The standard InChI is InChI=1S/C29H30F3N3O3.C25H21F5N2O2.C25H22F4N2O2.C25H23F3N2O3/c1-19-5-6-24(33-28(36)21-3-2-4-23(15-21)29(30,31)32)18-25(19)22-16-26(20-7-11-37-12-8-20)34-27(17-22)35-9-13-38-14-10-35;26-24(27)20-5-4-18(22(33)13-16-2-1-3-19(12-16)25(28,29)30)14-21(20)17-6-7-31-23(15-17)32-8-10-34-11-9-32;26-16-20-5-4-19(23(32)13-17-2-1-3-21(12-17)25(27,28)29)14-22(20)18-6-7-30-24(15-18)31-8-10-33-11-9-31;26-25(27,28)21-3-1-2-17(12-21)13-23(32)19-4-5-20(16-31)22(14-19)18-6-7-29-24(15-18)30-8-10-33-11-9-30/h2-6,15-18,20H,7-14H2,1H3,(H,33,36);1-7,12,14-15,24H,8-11,13H2;1-7,12,14-15H,8-11,13,16H2;1-7,12,14-15,31H,8-11,13,16H2. The summed E-state index contributed by atoms with van der Waals surface area (Å²) >= 11 is 0. The minimum absolute atomic E-state index is 0.0535. The van der Waals surface area contributed by atoms with E-state index in [2.05, 4.69) is 47.1 Å². The fourth-order valence-electron chi connectivity index (χ4n) is 16.5. The predicted octanol–water partition coefficient (Wildman–Crippen LogP) is 22.0. The molecule has 0 unspecified atom stereocenters. The molecule has 19 nitrogen and oxygen atoms in total. The summed E-state index contributed by atoms with van der Waals surface area (Å²) in [6, 6.07) is 52.2. The fraction of sp³-hybridized carbons (Fsp3) is 0.308. The SMILES string of the molecule is Cc1ccc(NC(=O)c2cccc(C(F)(F)F)c2)cc1-c1cc(C2CCOCC2)nc(N2CCOCC2)c1.O=C(Cc1cccc(C(F)(F)F)c1)c1ccc(C(F)F)c(-c2ccnc(N3CCOCC3)c2)c1.O=C(Cc1cccc(C(F)(F)F)c1)c1ccc(CF)c(-c2ccnc(N3CCOCC3)c2)c1.O=C(Cc1cccc(C(F)(F)F)c1)c1ccc(CO)c(-c2ccnc(N3CCOCC3)c2)c1. The van der Waals surface area contributed by atoms with E-state index in [1.807, 2.05) is 36.1 Å². The average molecular weight is 1920 g/mol. The van der Waals surface area contributed by atoms with Gasteiger partial charge in [-0.05, 0) is 213 Å². The molecule has 5 saturated heterocycles. The highest BCUT2D eigenvalue weighted by Crippen LogP contribution is 2.41. The average Bonchev–Trinajstić information content (AvgIpc) is 0.798. The zero-order chi connectivity index (χ0) is 97.8. The van der Waals surface area contributed by atoms with E-state index in [9.17, 15) is 90.1 Å². The molecule has 5 aliphatic rings. The summed E-state index contributed by atoms with van der Waals surface area (Å²) in [5.41, 5.74) is 6.91. The molecule has 2 N–H and O–H groups in total. The number of aliphatic hydroxyl groups excluding tert-OH is 1. The van der Waals surface area contributed by atoms with Crippen LogP contribution in [-0.2, 0) is 80.9 Å². The summed E-state index contributed by atoms with van der Waals surface area (Å²) in [6.07, 6.45) is -14.7. The van der Waals surface area contributed by atoms with E-state index in [0.29, 0.717) is 160 Å². The summed E-state index contributed by atoms with van der Waals surface area (Å²) in [5, 5.41) is 12.6. The van der Waals surface area contributed by atoms with E-state index in [0.717, 1.165) is 133 Å². The van der Waals surface area contributed by atoms with E-state index in [4.69, 9.17) is 28.7 Å². The number of carbonyl (C=O) groups is 4. The summed E-state index contributed by atoms with van der Waals surface area (Å²) < 4.78 is 225. The Kier molecular flexibility index (Phi) is 33.4. The molecule has 17 rings (SSSR count). The number of alkyl halides is 15. The minimum atomic E-state index is -4.52. The second-order valence-electron chi connectivity index (χ2n) is 33.2. The third-order valence-electron chi connectivity index (χ3n) is 23.9. The number of aliphatic hydroxyl groups is 1. The molecule has 5 fully saturated rings. The number of hydrogen-bond donors (Lipinski definition) is 2. The number of nitrogens with one attached hydrogen (secondary N) is 1. The number of nitrogens with zero attached hydrogens (tertiary/aromatic N) is 8. The highest BCUT2D eigenvalue weighted by Gasteiger charge is 2.36. The molecule has 722 valence electrons. The van der Waals surface area contributed by atoms with Crippen LogP contribution in [0, 0.1) is 6.92 Å². The number of halogens is 15. The molecule has 0 spiro atoms. The van der Waals surface area contributed by atoms with Crippen LogP contribution in [-0.4, -0.2) is 167 Å². The fourth-order valence-corrected chi connectivity index (χ4v) is 16.5. The number of anilines is 5. The van der Waals surface area contributed by atoms with Crippen molar-refractivity contribution >= 4 is 52.2 Å². The molecule has 8 aromatic carbocycles. The summed E-state index contributed by atoms with van der Waals surface area (Å²) in [7, 11) is 0. The van der Waals surface area contributed by atoms with Crippen molar-refractivity contribution < 1.29 is 114 Å². The van der Waals surface area contributed by atoms with Crippen molar-refractivity contribution in [3.05, 3.63) is 326 Å². The molecule has 5 aliphatic heterocycles. The molecule has 12 aromatic rings. The van der Waals surface area contributed by atoms with Crippen molar-refractivity contribution in [1.29, 1.82) is 0 Å². The van der Waals surface area contributed by atoms with Crippen LogP contribution < -0.4 is 24.9 Å². The summed E-state index contributed by atoms with van der Waals surface area (Å²) in [6.45, 7) is 12.9. The van der Waals surface area contributed by atoms with Crippen molar-refractivity contribution in [3.63, 3.8) is 0 Å². The van der Waals surface area contributed by atoms with Gasteiger partial charge in [0.15, 0.2) is 17.3 Å². The van der Waals surface area contributed by atoms with Gasteiger partial charge in [0.25, 0.3) is 12.3 Å². The molecule has 0 aliphatic carbocycles. The Morgan fingerprint density at radius 2 is 0.754 bits per heavy atom. The van der Waals surface area contributed by atoms with Gasteiger partial charge in [0.05, 0.1) is 81.7 Å². The lowest BCUT2D eigenvalue weighted by atomic mass is 9.92. The molecule has 34 heteroatoms. The molecular formula is C104H96F15N9O10. The van der Waals surface area contributed by atoms with E-state index in [-0.39, 0.29) is 70.8 Å². The summed E-state index contributed by atoms with van der Waals surface area (Å²) in [4.78, 5) is 78.0. The smallest absolute Gasteiger partial charge is 0.392 e. The Hall–Kier alpha value is -13.3. The molecule has 9 heterocycles. The Morgan fingerprint density at radius 3 is 1.17 bits per heavy atom. The first-order chi connectivity index (χ1) is 66.2. The van der Waals surface area contributed by atoms with E-state index >= 15 is 0 Å². The van der Waals surface area contributed by atoms with Crippen LogP contribution in [0.4, 0.5) is 94.8 Å². The maximum atomic E-state index is 13.8. The number of benzene rings is 8. The number of rotatable bonds is 23. The van der Waals surface area contributed by atoms with Gasteiger partial charge in [-0.3, -0.25) is 19.2 Å². The third-order valence-corrected chi connectivity index (χ3v) is 23.9. The van der Waals surface area contributed by atoms with E-state index < -0.39 is 71.7 Å². The zero-order valence-corrected chi connectivity index (χ0v) is 74.7. The molecule has 1 amide bonds. The maximum Gasteiger partial charge on any atom is 0.416 e. The highest BCUT2D eigenvalue weighted by atomic mass is 19.4. The lowest BCUT2D eigenvalue weighted by molar-refractivity contribution is -0.138. The Morgan fingerprint density at radius 1 is 0.384 bits per heavy atom. The molecule has 0 saturated carbocycles. The number of pyridine rings is 4. The highest BCUT2D eigenvalue weighted by molar-refractivity contribution is 6.05. The second kappa shape index (κ2) is 45.8. The van der Waals surface area contributed by atoms with Gasteiger partial charge in [0, 0.05) is 149 Å². The van der Waals surface area contributed by atoms with Crippen molar-refractivity contribution in [2.24, 2.45) is 0 Å². The van der Waals surface area contributed by atoms with Crippen LogP contribution in [0.15, 0.2) is 237 Å². The predicted molar refractivity (Wildman–Crippen MR) is 492 cm³/mol. The molecule has 0 radical (unpaired) electrons. The number of hydrogen-bond acceptors (Lipinski definition) is 18. The quantitative estimate of drug-likeness (QED) is 0.0450. The van der Waals surface area contributed by atoms with E-state index in [1.165, 1.54) is 79.0 Å². The minimum Gasteiger partial charge on any atom is -0.392 e. The topological polar surface area (TPSA) is 211 Å². The number of Topliss-reactive ketones (excluding diaryl/α,β-unsaturated/α-hetero) is 3. The van der Waals surface area contributed by atoms with Gasteiger partial charge in [-0.2, -0.15) is 52.7 Å². The van der Waals surface area contributed by atoms with Crippen LogP contribution in [0.1, 0.15) is 134 Å². The van der Waals surface area contributed by atoms with Crippen LogP contribution >= 0.6 is 0 Å². The van der Waals surface area contributed by atoms with Gasteiger partial charge in [0.1, 0.15) is 29.9 Å². The van der Waals surface area contributed by atoms with Crippen LogP contribution in [0.25, 0.3) is 44.5 Å². The first-order valence-corrected chi connectivity index (χ1v) is 44.5. The largest absolute Gasteiger partial charge is 0.416 e. The number of aromatic nitrogens is 4. The third kappa shape index (κ3) is 26.8. The Balaban J connectivity index is 0.000000147. The molecule has 0 atom stereocenters. The first kappa shape index (κ1) is 101. The molecule has 0 bridgehead atoms. The van der Waals surface area contributed by atoms with Gasteiger partial charge in [-0.25, -0.2) is 33.1 Å². The summed E-state index contributed by atoms with van der Waals surface area (Å²) in [5.74, 6) is 1.61. The van der Waals surface area contributed by atoms with Crippen LogP contribution in [0.5, 0.6) is 0 Å². The number of ether oxygens (including phenoxy) is 5. The van der Waals surface area contributed by atoms with Gasteiger partial charge >= 0.3 is 24.7 Å². The van der Waals surface area contributed by atoms with Crippen molar-refractivity contribution in [1.82, 2.24) is 19.9 Å². The number of carbonyl (C=O) groups excluding carboxylic acids is 4. The van der Waals surface area contributed by atoms with Gasteiger partial charge in [-0.1, -0.05) is 103 Å². The maximum absolute atomic E-state index is 13.8. The number of aryl methyl sites for hydroxylation is 1. The van der Waals surface area contributed by atoms with Gasteiger partial charge < -0.3 is 53.7 Å². The van der Waals surface area contributed by atoms with Crippen molar-refractivity contribution in [2.75, 3.05) is 143 Å². The lowest BCUT2D eigenvalue weighted by Crippen LogP contribution is -2.37. The monoisotopic (exact) mass is 1920 g/mol. The van der Waals surface area contributed by atoms with E-state index in [1.54, 1.807) is 73.1 Å². The molecule has 4 aromatic heterocycles. The van der Waals surface area contributed by atoms with Crippen molar-refractivity contribution in [2.45, 2.75) is 89.4 Å². The van der Waals surface area contributed by atoms with Crippen molar-refractivity contribution in [3.8, 4) is 44.5 Å². The van der Waals surface area contributed by atoms with Gasteiger partial charge in [-0.15, -0.1) is 0 Å². The zero-order valence-electron chi connectivity index (χ0n) is 74.7. The first-order valence-electron chi connectivity index (χ1n) is 44.5. The Bertz CT molecular complexity index is 6030. The number of ketones is 3. The molecule has 138 heavy (non-hydrogen) atoms. The number of morpholine rings is 4. The second-order valence-corrected chi connectivity index (χ2v) is 33.2. The molecular weight excluding hydrogens is 1820 g/mol. The van der Waals surface area contributed by atoms with Crippen LogP contribution in [0.3, 0.4) is 0 Å².